The number of ketones is 1. The molecule has 0 bridgehead atoms. The first-order valence-electron chi connectivity index (χ1n) is 8.10. The predicted molar refractivity (Wildman–Crippen MR) is 101 cm³/mol. The Labute approximate surface area is 172 Å². The second-order valence-corrected chi connectivity index (χ2v) is 10.7. The van der Waals surface area contributed by atoms with Crippen molar-refractivity contribution in [3.8, 4) is 12.1 Å². The summed E-state index contributed by atoms with van der Waals surface area (Å²) in [6.45, 7) is -1.66. The third kappa shape index (κ3) is 6.29. The van der Waals surface area contributed by atoms with Gasteiger partial charge in [-0.05, 0) is 0 Å². The van der Waals surface area contributed by atoms with Crippen LogP contribution in [0.5, 0.6) is 0 Å². The summed E-state index contributed by atoms with van der Waals surface area (Å²) >= 11 is 0. The molecule has 0 atom stereocenters. The summed E-state index contributed by atoms with van der Waals surface area (Å²) < 4.78 is 66.3. The van der Waals surface area contributed by atoms with E-state index in [9.17, 15) is 47.1 Å². The maximum absolute atomic E-state index is 12.9. The zero-order valence-corrected chi connectivity index (χ0v) is 16.9. The van der Waals surface area contributed by atoms with Crippen LogP contribution in [0.4, 0.5) is 13.2 Å². The van der Waals surface area contributed by atoms with Crippen molar-refractivity contribution >= 4 is 26.2 Å². The Hall–Kier alpha value is -2.42. The number of Topliss-reactive ketones (excluding diaryl/α,β-unsaturated/α-hetero) is 1. The van der Waals surface area contributed by atoms with Crippen molar-refractivity contribution in [2.45, 2.75) is 5.51 Å². The molecule has 0 heterocycles. The standard InChI is InChI=1S/C17H17F3N2O6S2/c18-17(19,20)30(26,27)28-29(8-6-23,9-7-24)12-15(14(10-21)11-22)16(25)13-4-2-1-3-5-13/h1-5,23-24H,6-9,12H2. The molecule has 1 rings (SSSR count). The zero-order valence-electron chi connectivity index (χ0n) is 15.3. The van der Waals surface area contributed by atoms with Gasteiger partial charge in [-0.25, -0.2) is 3.63 Å². The second kappa shape index (κ2) is 10.6. The normalized spacial score (nSPS) is 12.5. The number of nitrogens with zero attached hydrogens (tertiary/aromatic N) is 2. The van der Waals surface area contributed by atoms with E-state index in [1.165, 1.54) is 36.4 Å². The Morgan fingerprint density at radius 1 is 1.03 bits per heavy atom. The lowest BCUT2D eigenvalue weighted by Gasteiger charge is -2.38. The highest BCUT2D eigenvalue weighted by Crippen LogP contribution is 2.54. The molecule has 2 N–H and O–H groups in total. The number of hydrogen-bond donors (Lipinski definition) is 2. The van der Waals surface area contributed by atoms with Gasteiger partial charge < -0.3 is 10.2 Å². The van der Waals surface area contributed by atoms with Gasteiger partial charge in [-0.1, -0.05) is 30.3 Å². The molecule has 0 saturated heterocycles. The van der Waals surface area contributed by atoms with Crippen LogP contribution in [0.15, 0.2) is 41.5 Å². The number of aliphatic hydroxyl groups is 2. The van der Waals surface area contributed by atoms with Crippen molar-refractivity contribution < 1.29 is 40.2 Å². The van der Waals surface area contributed by atoms with E-state index in [0.717, 1.165) is 0 Å². The van der Waals surface area contributed by atoms with Gasteiger partial charge in [-0.15, -0.1) is 10.3 Å². The largest absolute Gasteiger partial charge is 0.523 e. The molecule has 13 heteroatoms. The maximum Gasteiger partial charge on any atom is 0.523 e. The fraction of sp³-hybridized carbons (Fsp3) is 0.353. The van der Waals surface area contributed by atoms with E-state index < -0.39 is 73.3 Å². The molecule has 0 spiro atoms. The van der Waals surface area contributed by atoms with E-state index >= 15 is 0 Å². The fourth-order valence-electron chi connectivity index (χ4n) is 2.34. The van der Waals surface area contributed by atoms with Crippen LogP contribution in [0.3, 0.4) is 0 Å². The summed E-state index contributed by atoms with van der Waals surface area (Å²) in [5.74, 6) is -3.07. The van der Waals surface area contributed by atoms with Gasteiger partial charge in [0.05, 0.1) is 13.2 Å². The van der Waals surface area contributed by atoms with Gasteiger partial charge in [0.1, 0.15) is 17.7 Å². The summed E-state index contributed by atoms with van der Waals surface area (Å²) in [5.41, 5.74) is -7.11. The Morgan fingerprint density at radius 2 is 1.53 bits per heavy atom. The van der Waals surface area contributed by atoms with Crippen molar-refractivity contribution in [2.75, 3.05) is 30.5 Å². The van der Waals surface area contributed by atoms with Crippen molar-refractivity contribution in [3.63, 3.8) is 0 Å². The third-order valence-corrected chi connectivity index (χ3v) is 8.79. The zero-order chi connectivity index (χ0) is 23.0. The topological polar surface area (TPSA) is 148 Å². The molecule has 8 nitrogen and oxygen atoms in total. The molecule has 1 aromatic rings. The first kappa shape index (κ1) is 25.6. The van der Waals surface area contributed by atoms with Crippen LogP contribution in [0.25, 0.3) is 0 Å². The maximum atomic E-state index is 12.9. The van der Waals surface area contributed by atoms with E-state index in [-0.39, 0.29) is 5.56 Å². The number of carbonyl (C=O) groups is 1. The monoisotopic (exact) mass is 466 g/mol. The van der Waals surface area contributed by atoms with Gasteiger partial charge in [0, 0.05) is 28.4 Å². The predicted octanol–water partition coefficient (Wildman–Crippen LogP) is 1.78. The lowest BCUT2D eigenvalue weighted by Crippen LogP contribution is -2.32. The molecule has 0 unspecified atom stereocenters. The van der Waals surface area contributed by atoms with E-state index in [0.29, 0.717) is 0 Å². The molecular formula is C17H17F3N2O6S2. The summed E-state index contributed by atoms with van der Waals surface area (Å²) in [6.07, 6.45) is 0. The van der Waals surface area contributed by atoms with E-state index in [1.54, 1.807) is 6.07 Å². The van der Waals surface area contributed by atoms with E-state index in [4.69, 9.17) is 0 Å². The quantitative estimate of drug-likeness (QED) is 0.229. The van der Waals surface area contributed by atoms with Crippen LogP contribution >= 0.6 is 10.3 Å². The smallest absolute Gasteiger partial charge is 0.395 e. The average molecular weight is 466 g/mol. The number of halogens is 3. The van der Waals surface area contributed by atoms with E-state index in [1.807, 2.05) is 0 Å². The highest BCUT2D eigenvalue weighted by molar-refractivity contribution is 8.33. The van der Waals surface area contributed by atoms with E-state index in [2.05, 4.69) is 3.63 Å². The van der Waals surface area contributed by atoms with Gasteiger partial charge in [0.15, 0.2) is 5.78 Å². The minimum atomic E-state index is -6.16. The highest BCUT2D eigenvalue weighted by Gasteiger charge is 2.51. The second-order valence-electron chi connectivity index (χ2n) is 5.71. The summed E-state index contributed by atoms with van der Waals surface area (Å²) in [5, 5.41) is 37.0. The Balaban J connectivity index is 3.61. The summed E-state index contributed by atoms with van der Waals surface area (Å²) in [6, 6.07) is 10.1. The van der Waals surface area contributed by atoms with Crippen LogP contribution in [0.1, 0.15) is 10.4 Å². The third-order valence-electron chi connectivity index (χ3n) is 3.69. The molecule has 0 saturated carbocycles. The number of carbonyl (C=O) groups excluding carboxylic acids is 1. The first-order chi connectivity index (χ1) is 14.0. The van der Waals surface area contributed by atoms with Gasteiger partial charge in [0.25, 0.3) is 0 Å². The summed E-state index contributed by atoms with van der Waals surface area (Å²) in [7, 11) is -9.70. The molecule has 164 valence electrons. The Bertz CT molecular complexity index is 957. The lowest BCUT2D eigenvalue weighted by molar-refractivity contribution is -0.0496. The SMILES string of the molecule is N#CC(C#N)=C(CS(CCO)(CCO)OS(=O)(=O)C(F)(F)F)C(=O)c1ccccc1. The number of allylic oxidation sites excluding steroid dienone is 1. The molecule has 0 aliphatic carbocycles. The molecule has 1 aromatic carbocycles. The van der Waals surface area contributed by atoms with Crippen molar-refractivity contribution in [1.82, 2.24) is 0 Å². The van der Waals surface area contributed by atoms with Crippen molar-refractivity contribution in [3.05, 3.63) is 47.0 Å². The highest BCUT2D eigenvalue weighted by atomic mass is 32.3. The fourth-order valence-corrected chi connectivity index (χ4v) is 6.86. The molecule has 0 amide bonds. The molecule has 0 aliphatic rings. The van der Waals surface area contributed by atoms with Crippen molar-refractivity contribution in [1.29, 1.82) is 10.5 Å². The van der Waals surface area contributed by atoms with Crippen LogP contribution in [0, 0.1) is 22.7 Å². The average Bonchev–Trinajstić information content (AvgIpc) is 2.67. The molecule has 0 fully saturated rings. The summed E-state index contributed by atoms with van der Waals surface area (Å²) in [4.78, 5) is 12.9. The van der Waals surface area contributed by atoms with Gasteiger partial charge >= 0.3 is 15.6 Å². The minimum absolute atomic E-state index is 0.00419. The number of benzene rings is 1. The minimum Gasteiger partial charge on any atom is -0.395 e. The number of rotatable bonds is 10. The van der Waals surface area contributed by atoms with Gasteiger partial charge in [-0.3, -0.25) is 4.79 Å². The Morgan fingerprint density at radius 3 is 1.93 bits per heavy atom. The van der Waals surface area contributed by atoms with Gasteiger partial charge in [0.2, 0.25) is 0 Å². The Kier molecular flexibility index (Phi) is 9.02. The molecule has 30 heavy (non-hydrogen) atoms. The van der Waals surface area contributed by atoms with Gasteiger partial charge in [-0.2, -0.15) is 32.1 Å². The van der Waals surface area contributed by atoms with Crippen LogP contribution in [0.2, 0.25) is 0 Å². The molecular weight excluding hydrogens is 449 g/mol. The number of aliphatic hydroxyl groups excluding tert-OH is 2. The number of hydrogen-bond acceptors (Lipinski definition) is 8. The van der Waals surface area contributed by atoms with Crippen LogP contribution < -0.4 is 0 Å². The molecule has 0 radical (unpaired) electrons. The first-order valence-corrected chi connectivity index (χ1v) is 11.6. The number of alkyl halides is 3. The van der Waals surface area contributed by atoms with Crippen molar-refractivity contribution in [2.24, 2.45) is 0 Å². The lowest BCUT2D eigenvalue weighted by atomic mass is 10.0. The molecule has 0 aromatic heterocycles. The number of nitriles is 2. The van der Waals surface area contributed by atoms with Crippen LogP contribution in [-0.4, -0.2) is 60.4 Å². The van der Waals surface area contributed by atoms with Crippen LogP contribution in [-0.2, 0) is 13.7 Å². The molecule has 0 aliphatic heterocycles.